The molecule has 0 spiro atoms. The standard InChI is InChI=1S/C16H26N2/c1-12-5-4-6-18(10-12)11-16(17)15-8-13(2)7-14(3)9-15/h7-9,12,16H,4-6,10-11,17H2,1-3H3. The molecular formula is C16H26N2. The van der Waals surface area contributed by atoms with Crippen molar-refractivity contribution >= 4 is 0 Å². The van der Waals surface area contributed by atoms with E-state index in [9.17, 15) is 0 Å². The van der Waals surface area contributed by atoms with Crippen molar-refractivity contribution < 1.29 is 0 Å². The third-order valence-corrected chi connectivity index (χ3v) is 3.87. The first-order chi connectivity index (χ1) is 8.54. The average molecular weight is 246 g/mol. The van der Waals surface area contributed by atoms with Crippen LogP contribution in [-0.2, 0) is 0 Å². The molecule has 1 aromatic carbocycles. The highest BCUT2D eigenvalue weighted by Gasteiger charge is 2.19. The van der Waals surface area contributed by atoms with Crippen LogP contribution in [0.3, 0.4) is 0 Å². The summed E-state index contributed by atoms with van der Waals surface area (Å²) in [7, 11) is 0. The summed E-state index contributed by atoms with van der Waals surface area (Å²) in [6.07, 6.45) is 2.69. The van der Waals surface area contributed by atoms with Crippen LogP contribution in [0.1, 0.15) is 42.5 Å². The first kappa shape index (κ1) is 13.6. The molecule has 2 N–H and O–H groups in total. The van der Waals surface area contributed by atoms with E-state index in [2.05, 4.69) is 43.9 Å². The number of aryl methyl sites for hydroxylation is 2. The van der Waals surface area contributed by atoms with Crippen LogP contribution in [0.2, 0.25) is 0 Å². The summed E-state index contributed by atoms with van der Waals surface area (Å²) >= 11 is 0. The minimum Gasteiger partial charge on any atom is -0.323 e. The van der Waals surface area contributed by atoms with Crippen LogP contribution in [0.15, 0.2) is 18.2 Å². The van der Waals surface area contributed by atoms with Crippen LogP contribution in [0.25, 0.3) is 0 Å². The summed E-state index contributed by atoms with van der Waals surface area (Å²) in [6, 6.07) is 6.81. The first-order valence-corrected chi connectivity index (χ1v) is 7.10. The number of nitrogens with two attached hydrogens (primary N) is 1. The monoisotopic (exact) mass is 246 g/mol. The summed E-state index contributed by atoms with van der Waals surface area (Å²) < 4.78 is 0. The number of benzene rings is 1. The van der Waals surface area contributed by atoms with Gasteiger partial charge in [-0.3, -0.25) is 0 Å². The fraction of sp³-hybridized carbons (Fsp3) is 0.625. The molecule has 0 radical (unpaired) electrons. The molecule has 1 aromatic rings. The van der Waals surface area contributed by atoms with Crippen LogP contribution in [0.5, 0.6) is 0 Å². The molecule has 0 bridgehead atoms. The topological polar surface area (TPSA) is 29.3 Å². The number of nitrogens with zero attached hydrogens (tertiary/aromatic N) is 1. The average Bonchev–Trinajstić information content (AvgIpc) is 2.27. The molecule has 1 aliphatic rings. The maximum atomic E-state index is 6.37. The van der Waals surface area contributed by atoms with Gasteiger partial charge in [-0.25, -0.2) is 0 Å². The molecule has 2 heteroatoms. The Labute approximate surface area is 111 Å². The number of rotatable bonds is 3. The zero-order valence-electron chi connectivity index (χ0n) is 11.9. The Morgan fingerprint density at radius 3 is 2.56 bits per heavy atom. The molecule has 1 saturated heterocycles. The molecule has 1 fully saturated rings. The van der Waals surface area contributed by atoms with Gasteiger partial charge in [0.25, 0.3) is 0 Å². The van der Waals surface area contributed by atoms with Crippen molar-refractivity contribution in [1.29, 1.82) is 0 Å². The summed E-state index contributed by atoms with van der Waals surface area (Å²) in [5.74, 6) is 0.824. The summed E-state index contributed by atoms with van der Waals surface area (Å²) in [6.45, 7) is 10.0. The van der Waals surface area contributed by atoms with Crippen molar-refractivity contribution in [3.63, 3.8) is 0 Å². The van der Waals surface area contributed by atoms with Gasteiger partial charge in [0.15, 0.2) is 0 Å². The molecule has 1 heterocycles. The lowest BCUT2D eigenvalue weighted by Crippen LogP contribution is -2.39. The van der Waals surface area contributed by atoms with E-state index >= 15 is 0 Å². The second-order valence-corrected chi connectivity index (χ2v) is 6.03. The van der Waals surface area contributed by atoms with Gasteiger partial charge >= 0.3 is 0 Å². The maximum absolute atomic E-state index is 6.37. The van der Waals surface area contributed by atoms with E-state index in [0.717, 1.165) is 12.5 Å². The van der Waals surface area contributed by atoms with Gasteiger partial charge in [0.1, 0.15) is 0 Å². The lowest BCUT2D eigenvalue weighted by molar-refractivity contribution is 0.174. The van der Waals surface area contributed by atoms with Gasteiger partial charge in [0.2, 0.25) is 0 Å². The van der Waals surface area contributed by atoms with Crippen LogP contribution < -0.4 is 5.73 Å². The predicted molar refractivity (Wildman–Crippen MR) is 77.7 cm³/mol. The summed E-state index contributed by atoms with van der Waals surface area (Å²) in [5, 5.41) is 0. The van der Waals surface area contributed by atoms with E-state index in [1.165, 1.54) is 42.6 Å². The second kappa shape index (κ2) is 5.85. The lowest BCUT2D eigenvalue weighted by atomic mass is 9.97. The number of hydrogen-bond donors (Lipinski definition) is 1. The Kier molecular flexibility index (Phi) is 4.41. The molecule has 2 rings (SSSR count). The van der Waals surface area contributed by atoms with Gasteiger partial charge in [0.05, 0.1) is 0 Å². The fourth-order valence-corrected chi connectivity index (χ4v) is 3.06. The van der Waals surface area contributed by atoms with Crippen molar-refractivity contribution in [2.75, 3.05) is 19.6 Å². The minimum absolute atomic E-state index is 0.147. The fourth-order valence-electron chi connectivity index (χ4n) is 3.06. The molecule has 0 aromatic heterocycles. The van der Waals surface area contributed by atoms with Crippen molar-refractivity contribution in [2.45, 2.75) is 39.7 Å². The van der Waals surface area contributed by atoms with Crippen molar-refractivity contribution in [3.8, 4) is 0 Å². The number of likely N-dealkylation sites (tertiary alicyclic amines) is 1. The van der Waals surface area contributed by atoms with Crippen LogP contribution in [0.4, 0.5) is 0 Å². The SMILES string of the molecule is Cc1cc(C)cc(C(N)CN2CCCC(C)C2)c1. The Morgan fingerprint density at radius 1 is 1.28 bits per heavy atom. The van der Waals surface area contributed by atoms with Gasteiger partial charge in [-0.05, 0) is 44.7 Å². The quantitative estimate of drug-likeness (QED) is 0.888. The molecule has 0 aliphatic carbocycles. The highest BCUT2D eigenvalue weighted by Crippen LogP contribution is 2.20. The molecular weight excluding hydrogens is 220 g/mol. The zero-order chi connectivity index (χ0) is 13.1. The predicted octanol–water partition coefficient (Wildman–Crippen LogP) is 3.04. The molecule has 18 heavy (non-hydrogen) atoms. The Bertz CT molecular complexity index is 380. The van der Waals surface area contributed by atoms with E-state index in [0.29, 0.717) is 0 Å². The maximum Gasteiger partial charge on any atom is 0.0424 e. The highest BCUT2D eigenvalue weighted by atomic mass is 15.1. The smallest absolute Gasteiger partial charge is 0.0424 e. The van der Waals surface area contributed by atoms with E-state index in [-0.39, 0.29) is 6.04 Å². The highest BCUT2D eigenvalue weighted by molar-refractivity contribution is 5.30. The number of hydrogen-bond acceptors (Lipinski definition) is 2. The third kappa shape index (κ3) is 3.56. The molecule has 2 unspecified atom stereocenters. The van der Waals surface area contributed by atoms with Crippen LogP contribution >= 0.6 is 0 Å². The van der Waals surface area contributed by atoms with E-state index in [1.807, 2.05) is 0 Å². The minimum atomic E-state index is 0.147. The van der Waals surface area contributed by atoms with E-state index in [1.54, 1.807) is 0 Å². The number of piperidine rings is 1. The molecule has 1 aliphatic heterocycles. The van der Waals surface area contributed by atoms with Gasteiger partial charge in [0, 0.05) is 19.1 Å². The van der Waals surface area contributed by atoms with Gasteiger partial charge in [-0.1, -0.05) is 36.2 Å². The van der Waals surface area contributed by atoms with Crippen molar-refractivity contribution in [1.82, 2.24) is 4.90 Å². The van der Waals surface area contributed by atoms with E-state index < -0.39 is 0 Å². The molecule has 100 valence electrons. The largest absolute Gasteiger partial charge is 0.323 e. The first-order valence-electron chi connectivity index (χ1n) is 7.10. The van der Waals surface area contributed by atoms with E-state index in [4.69, 9.17) is 5.73 Å². The van der Waals surface area contributed by atoms with Gasteiger partial charge in [-0.2, -0.15) is 0 Å². The lowest BCUT2D eigenvalue weighted by Gasteiger charge is -2.32. The second-order valence-electron chi connectivity index (χ2n) is 6.03. The molecule has 0 saturated carbocycles. The molecule has 0 amide bonds. The Morgan fingerprint density at radius 2 is 1.94 bits per heavy atom. The van der Waals surface area contributed by atoms with Crippen molar-refractivity contribution in [2.24, 2.45) is 11.7 Å². The van der Waals surface area contributed by atoms with Crippen LogP contribution in [0, 0.1) is 19.8 Å². The Hall–Kier alpha value is -0.860. The van der Waals surface area contributed by atoms with Gasteiger partial charge in [-0.15, -0.1) is 0 Å². The zero-order valence-corrected chi connectivity index (χ0v) is 11.9. The summed E-state index contributed by atoms with van der Waals surface area (Å²) in [4.78, 5) is 2.52. The van der Waals surface area contributed by atoms with Gasteiger partial charge < -0.3 is 10.6 Å². The summed E-state index contributed by atoms with van der Waals surface area (Å²) in [5.41, 5.74) is 10.3. The third-order valence-electron chi connectivity index (χ3n) is 3.87. The normalized spacial score (nSPS) is 23.0. The van der Waals surface area contributed by atoms with Crippen molar-refractivity contribution in [3.05, 3.63) is 34.9 Å². The Balaban J connectivity index is 2.00. The molecule has 2 atom stereocenters. The van der Waals surface area contributed by atoms with Crippen LogP contribution in [-0.4, -0.2) is 24.5 Å². The molecule has 2 nitrogen and oxygen atoms in total.